The molecular formula is C14H20BrN. The zero-order valence-electron chi connectivity index (χ0n) is 10.1. The highest BCUT2D eigenvalue weighted by Gasteiger charge is 2.42. The summed E-state index contributed by atoms with van der Waals surface area (Å²) in [5.41, 5.74) is 1.89. The van der Waals surface area contributed by atoms with Crippen LogP contribution in [0.4, 0.5) is 0 Å². The highest BCUT2D eigenvalue weighted by Crippen LogP contribution is 2.47. The Bertz CT molecular complexity index is 338. The molecule has 1 aliphatic rings. The van der Waals surface area contributed by atoms with E-state index in [1.807, 2.05) is 0 Å². The van der Waals surface area contributed by atoms with E-state index in [1.54, 1.807) is 0 Å². The Kier molecular flexibility index (Phi) is 3.70. The third kappa shape index (κ3) is 2.33. The van der Waals surface area contributed by atoms with E-state index in [1.165, 1.54) is 22.9 Å². The van der Waals surface area contributed by atoms with Crippen molar-refractivity contribution in [3.8, 4) is 0 Å². The third-order valence-corrected chi connectivity index (χ3v) is 4.18. The minimum absolute atomic E-state index is 0.399. The smallest absolute Gasteiger partial charge is 0.0175 e. The molecule has 1 nitrogen and oxygen atoms in total. The molecule has 1 fully saturated rings. The van der Waals surface area contributed by atoms with Crippen LogP contribution in [0.1, 0.15) is 32.3 Å². The topological polar surface area (TPSA) is 12.0 Å². The maximum Gasteiger partial charge on any atom is 0.0175 e. The van der Waals surface area contributed by atoms with Gasteiger partial charge in [-0.2, -0.15) is 0 Å². The van der Waals surface area contributed by atoms with Crippen LogP contribution in [-0.4, -0.2) is 13.1 Å². The molecule has 2 heteroatoms. The summed E-state index contributed by atoms with van der Waals surface area (Å²) in [4.78, 5) is 0. The first-order valence-corrected chi connectivity index (χ1v) is 6.92. The van der Waals surface area contributed by atoms with Crippen molar-refractivity contribution in [3.63, 3.8) is 0 Å². The van der Waals surface area contributed by atoms with Gasteiger partial charge in [-0.1, -0.05) is 41.9 Å². The van der Waals surface area contributed by atoms with Crippen molar-refractivity contribution >= 4 is 15.9 Å². The lowest BCUT2D eigenvalue weighted by Crippen LogP contribution is -2.47. The SMILES string of the molecule is CCNCC1(c2ccc(Br)cc2)CC(C)C1. The Morgan fingerprint density at radius 1 is 1.31 bits per heavy atom. The fraction of sp³-hybridized carbons (Fsp3) is 0.571. The van der Waals surface area contributed by atoms with E-state index in [4.69, 9.17) is 0 Å². The van der Waals surface area contributed by atoms with Crippen molar-refractivity contribution in [2.75, 3.05) is 13.1 Å². The van der Waals surface area contributed by atoms with Gasteiger partial charge in [0, 0.05) is 16.4 Å². The van der Waals surface area contributed by atoms with Crippen LogP contribution in [0.5, 0.6) is 0 Å². The van der Waals surface area contributed by atoms with Gasteiger partial charge in [0.1, 0.15) is 0 Å². The van der Waals surface area contributed by atoms with Crippen LogP contribution in [0.25, 0.3) is 0 Å². The summed E-state index contributed by atoms with van der Waals surface area (Å²) < 4.78 is 1.17. The van der Waals surface area contributed by atoms with Crippen LogP contribution in [0.2, 0.25) is 0 Å². The van der Waals surface area contributed by atoms with E-state index < -0.39 is 0 Å². The summed E-state index contributed by atoms with van der Waals surface area (Å²) in [6.45, 7) is 6.71. The molecule has 1 aliphatic carbocycles. The van der Waals surface area contributed by atoms with Gasteiger partial charge in [0.2, 0.25) is 0 Å². The zero-order valence-corrected chi connectivity index (χ0v) is 11.7. The van der Waals surface area contributed by atoms with Gasteiger partial charge in [-0.15, -0.1) is 0 Å². The van der Waals surface area contributed by atoms with Gasteiger partial charge in [-0.05, 0) is 43.0 Å². The predicted octanol–water partition coefficient (Wildman–Crippen LogP) is 3.73. The predicted molar refractivity (Wildman–Crippen MR) is 72.8 cm³/mol. The van der Waals surface area contributed by atoms with E-state index >= 15 is 0 Å². The van der Waals surface area contributed by atoms with Crippen LogP contribution >= 0.6 is 15.9 Å². The van der Waals surface area contributed by atoms with E-state index in [-0.39, 0.29) is 0 Å². The first kappa shape index (κ1) is 12.1. The van der Waals surface area contributed by atoms with Gasteiger partial charge in [-0.25, -0.2) is 0 Å². The average molecular weight is 282 g/mol. The molecule has 1 N–H and O–H groups in total. The van der Waals surface area contributed by atoms with Gasteiger partial charge in [0.05, 0.1) is 0 Å². The van der Waals surface area contributed by atoms with Crippen molar-refractivity contribution in [1.29, 1.82) is 0 Å². The lowest BCUT2D eigenvalue weighted by atomic mass is 9.59. The van der Waals surface area contributed by atoms with Crippen LogP contribution < -0.4 is 5.32 Å². The number of halogens is 1. The van der Waals surface area contributed by atoms with Gasteiger partial charge in [0.15, 0.2) is 0 Å². The Labute approximate surface area is 107 Å². The van der Waals surface area contributed by atoms with E-state index in [0.29, 0.717) is 5.41 Å². The van der Waals surface area contributed by atoms with Crippen molar-refractivity contribution in [2.45, 2.75) is 32.1 Å². The molecule has 0 spiro atoms. The minimum atomic E-state index is 0.399. The summed E-state index contributed by atoms with van der Waals surface area (Å²) in [7, 11) is 0. The molecule has 1 saturated carbocycles. The zero-order chi connectivity index (χ0) is 11.6. The Balaban J connectivity index is 2.16. The molecule has 2 rings (SSSR count). The molecule has 0 aliphatic heterocycles. The highest BCUT2D eigenvalue weighted by atomic mass is 79.9. The average Bonchev–Trinajstić information content (AvgIpc) is 2.24. The Morgan fingerprint density at radius 3 is 2.44 bits per heavy atom. The number of hydrogen-bond acceptors (Lipinski definition) is 1. The largest absolute Gasteiger partial charge is 0.316 e. The van der Waals surface area contributed by atoms with Crippen LogP contribution in [-0.2, 0) is 5.41 Å². The molecular weight excluding hydrogens is 262 g/mol. The fourth-order valence-electron chi connectivity index (χ4n) is 2.92. The summed E-state index contributed by atoms with van der Waals surface area (Å²) in [6, 6.07) is 8.86. The Morgan fingerprint density at radius 2 is 1.94 bits per heavy atom. The van der Waals surface area contributed by atoms with Crippen molar-refractivity contribution < 1.29 is 0 Å². The minimum Gasteiger partial charge on any atom is -0.316 e. The van der Waals surface area contributed by atoms with Crippen molar-refractivity contribution in [2.24, 2.45) is 5.92 Å². The maximum absolute atomic E-state index is 3.51. The first-order valence-electron chi connectivity index (χ1n) is 6.13. The van der Waals surface area contributed by atoms with Crippen molar-refractivity contribution in [1.82, 2.24) is 5.32 Å². The number of nitrogens with one attached hydrogen (secondary N) is 1. The molecule has 0 saturated heterocycles. The number of likely N-dealkylation sites (N-methyl/N-ethyl adjacent to an activating group) is 1. The highest BCUT2D eigenvalue weighted by molar-refractivity contribution is 9.10. The van der Waals surface area contributed by atoms with Crippen molar-refractivity contribution in [3.05, 3.63) is 34.3 Å². The molecule has 16 heavy (non-hydrogen) atoms. The molecule has 0 radical (unpaired) electrons. The molecule has 88 valence electrons. The molecule has 0 aromatic heterocycles. The summed E-state index contributed by atoms with van der Waals surface area (Å²) >= 11 is 3.50. The summed E-state index contributed by atoms with van der Waals surface area (Å²) in [5.74, 6) is 0.877. The quantitative estimate of drug-likeness (QED) is 0.887. The second-order valence-corrected chi connectivity index (χ2v) is 6.00. The molecule has 0 heterocycles. The summed E-state index contributed by atoms with van der Waals surface area (Å²) in [5, 5.41) is 3.51. The number of benzene rings is 1. The second kappa shape index (κ2) is 4.89. The van der Waals surface area contributed by atoms with E-state index in [9.17, 15) is 0 Å². The molecule has 0 bridgehead atoms. The van der Waals surface area contributed by atoms with Crippen LogP contribution in [0, 0.1) is 5.92 Å². The lowest BCUT2D eigenvalue weighted by molar-refractivity contribution is 0.153. The summed E-state index contributed by atoms with van der Waals surface area (Å²) in [6.07, 6.45) is 2.64. The number of rotatable bonds is 4. The normalized spacial score (nSPS) is 28.8. The lowest BCUT2D eigenvalue weighted by Gasteiger charge is -2.47. The van der Waals surface area contributed by atoms with Gasteiger partial charge < -0.3 is 5.32 Å². The van der Waals surface area contributed by atoms with Crippen LogP contribution in [0.3, 0.4) is 0 Å². The molecule has 1 aromatic rings. The molecule has 0 amide bonds. The first-order chi connectivity index (χ1) is 7.66. The third-order valence-electron chi connectivity index (χ3n) is 3.65. The number of hydrogen-bond donors (Lipinski definition) is 1. The van der Waals surface area contributed by atoms with Gasteiger partial charge >= 0.3 is 0 Å². The van der Waals surface area contributed by atoms with E-state index in [0.717, 1.165) is 19.0 Å². The molecule has 0 unspecified atom stereocenters. The molecule has 1 aromatic carbocycles. The maximum atomic E-state index is 3.51. The second-order valence-electron chi connectivity index (χ2n) is 5.08. The fourth-order valence-corrected chi connectivity index (χ4v) is 3.19. The van der Waals surface area contributed by atoms with Gasteiger partial charge in [0.25, 0.3) is 0 Å². The Hall–Kier alpha value is -0.340. The molecule has 0 atom stereocenters. The van der Waals surface area contributed by atoms with Crippen LogP contribution in [0.15, 0.2) is 28.7 Å². The standard InChI is InChI=1S/C14H20BrN/c1-3-16-10-14(8-11(2)9-14)12-4-6-13(15)7-5-12/h4-7,11,16H,3,8-10H2,1-2H3. The van der Waals surface area contributed by atoms with Gasteiger partial charge in [-0.3, -0.25) is 0 Å². The monoisotopic (exact) mass is 281 g/mol. The van der Waals surface area contributed by atoms with E-state index in [2.05, 4.69) is 59.4 Å².